The second kappa shape index (κ2) is 11.5. The van der Waals surface area contributed by atoms with Gasteiger partial charge in [-0.05, 0) is 36.1 Å². The maximum Gasteiger partial charge on any atom is 0.142 e. The first-order valence-electron chi connectivity index (χ1n) is 11.4. The van der Waals surface area contributed by atoms with Gasteiger partial charge in [0.1, 0.15) is 18.5 Å². The molecule has 0 spiro atoms. The van der Waals surface area contributed by atoms with Crippen molar-refractivity contribution in [3.05, 3.63) is 108 Å². The lowest BCUT2D eigenvalue weighted by Gasteiger charge is -2.33. The van der Waals surface area contributed by atoms with Crippen LogP contribution in [0.25, 0.3) is 0 Å². The Morgan fingerprint density at radius 3 is 2.03 bits per heavy atom. The number of nitrogen functional groups attached to an aromatic ring is 1. The third-order valence-corrected chi connectivity index (χ3v) is 5.85. The van der Waals surface area contributed by atoms with Crippen LogP contribution in [0.2, 0.25) is 0 Å². The van der Waals surface area contributed by atoms with Crippen molar-refractivity contribution in [2.24, 2.45) is 0 Å². The highest BCUT2D eigenvalue weighted by Gasteiger charge is 2.24. The minimum atomic E-state index is -0.0172. The van der Waals surface area contributed by atoms with E-state index in [2.05, 4.69) is 77.7 Å². The second-order valence-electron chi connectivity index (χ2n) is 8.16. The van der Waals surface area contributed by atoms with Crippen LogP contribution in [-0.4, -0.2) is 37.2 Å². The molecule has 0 saturated carbocycles. The van der Waals surface area contributed by atoms with Crippen molar-refractivity contribution in [3.63, 3.8) is 0 Å². The molecule has 2 N–H and O–H groups in total. The van der Waals surface area contributed by atoms with E-state index in [9.17, 15) is 0 Å². The van der Waals surface area contributed by atoms with E-state index in [0.717, 1.165) is 38.2 Å². The summed E-state index contributed by atoms with van der Waals surface area (Å²) >= 11 is 0. The van der Waals surface area contributed by atoms with Crippen molar-refractivity contribution in [2.45, 2.75) is 25.0 Å². The molecule has 4 heteroatoms. The average Bonchev–Trinajstić information content (AvgIpc) is 2.85. The van der Waals surface area contributed by atoms with E-state index in [0.29, 0.717) is 12.3 Å². The van der Waals surface area contributed by atoms with Gasteiger partial charge in [0.25, 0.3) is 0 Å². The number of anilines is 1. The van der Waals surface area contributed by atoms with Crippen molar-refractivity contribution in [1.82, 2.24) is 4.90 Å². The summed E-state index contributed by atoms with van der Waals surface area (Å²) in [4.78, 5) is 2.47. The monoisotopic (exact) mass is 428 g/mol. The van der Waals surface area contributed by atoms with Crippen LogP contribution in [0.15, 0.2) is 97.1 Å². The molecule has 0 aliphatic carbocycles. The molecule has 1 aliphatic rings. The summed E-state index contributed by atoms with van der Waals surface area (Å²) in [6, 6.07) is 28.6. The maximum absolute atomic E-state index is 6.64. The largest absolute Gasteiger partial charge is 0.487 e. The molecule has 0 atom stereocenters. The summed E-state index contributed by atoms with van der Waals surface area (Å²) in [6.07, 6.45) is 6.58. The highest BCUT2D eigenvalue weighted by Crippen LogP contribution is 2.30. The van der Waals surface area contributed by atoms with E-state index < -0.39 is 0 Å². The van der Waals surface area contributed by atoms with Gasteiger partial charge in [0.05, 0.1) is 11.8 Å². The molecule has 3 aromatic rings. The Morgan fingerprint density at radius 1 is 0.812 bits per heavy atom. The molecular weight excluding hydrogens is 396 g/mol. The smallest absolute Gasteiger partial charge is 0.142 e. The molecule has 1 saturated heterocycles. The van der Waals surface area contributed by atoms with Gasteiger partial charge in [0.2, 0.25) is 0 Å². The first-order valence-corrected chi connectivity index (χ1v) is 11.4. The predicted octanol–water partition coefficient (Wildman–Crippen LogP) is 5.47. The van der Waals surface area contributed by atoms with E-state index >= 15 is 0 Å². The molecule has 1 fully saturated rings. The van der Waals surface area contributed by atoms with Crippen LogP contribution in [-0.2, 0) is 4.74 Å². The fraction of sp³-hybridized carbons (Fsp3) is 0.286. The van der Waals surface area contributed by atoms with Crippen molar-refractivity contribution in [3.8, 4) is 5.75 Å². The Bertz CT molecular complexity index is 927. The van der Waals surface area contributed by atoms with Gasteiger partial charge in [-0.15, -0.1) is 0 Å². The van der Waals surface area contributed by atoms with Crippen LogP contribution < -0.4 is 10.5 Å². The topological polar surface area (TPSA) is 47.7 Å². The molecule has 166 valence electrons. The Kier molecular flexibility index (Phi) is 7.96. The van der Waals surface area contributed by atoms with Crippen molar-refractivity contribution >= 4 is 5.69 Å². The highest BCUT2D eigenvalue weighted by molar-refractivity contribution is 5.51. The molecular formula is C28H32N2O2. The fourth-order valence-corrected chi connectivity index (χ4v) is 4.07. The van der Waals surface area contributed by atoms with E-state index in [4.69, 9.17) is 15.2 Å². The van der Waals surface area contributed by atoms with Gasteiger partial charge in [-0.3, -0.25) is 4.90 Å². The van der Waals surface area contributed by atoms with Gasteiger partial charge in [-0.2, -0.15) is 0 Å². The van der Waals surface area contributed by atoms with Gasteiger partial charge in [0.15, 0.2) is 0 Å². The number of para-hydroxylation sites is 2. The number of nitrogens with two attached hydrogens (primary N) is 1. The third-order valence-electron chi connectivity index (χ3n) is 5.85. The van der Waals surface area contributed by atoms with Crippen molar-refractivity contribution < 1.29 is 9.47 Å². The number of rotatable bonds is 9. The van der Waals surface area contributed by atoms with E-state index in [1.165, 1.54) is 11.1 Å². The standard InChI is InChI=1S/C28H32N2O2/c29-26-15-7-8-16-27(26)31-22-10-9-19-30-20-17-25(18-21-30)32-28(23-11-3-1-4-12-23)24-13-5-2-6-14-24/h1-16,25,28H,17-22,29H2/b10-9-. The molecule has 0 unspecified atom stereocenters. The van der Waals surface area contributed by atoms with E-state index in [-0.39, 0.29) is 12.2 Å². The highest BCUT2D eigenvalue weighted by atomic mass is 16.5. The zero-order valence-corrected chi connectivity index (χ0v) is 18.5. The molecule has 0 radical (unpaired) electrons. The van der Waals surface area contributed by atoms with Crippen LogP contribution in [0.3, 0.4) is 0 Å². The minimum Gasteiger partial charge on any atom is -0.487 e. The minimum absolute atomic E-state index is 0.0172. The molecule has 3 aromatic carbocycles. The van der Waals surface area contributed by atoms with E-state index in [1.807, 2.05) is 24.3 Å². The Morgan fingerprint density at radius 2 is 1.41 bits per heavy atom. The molecule has 32 heavy (non-hydrogen) atoms. The first kappa shape index (κ1) is 22.1. The van der Waals surface area contributed by atoms with E-state index in [1.54, 1.807) is 0 Å². The summed E-state index contributed by atoms with van der Waals surface area (Å²) in [5.74, 6) is 0.737. The number of ether oxygens (including phenoxy) is 2. The number of benzene rings is 3. The molecule has 4 rings (SSSR count). The third kappa shape index (κ3) is 6.22. The normalized spacial score (nSPS) is 15.4. The number of hydrogen-bond donors (Lipinski definition) is 1. The number of likely N-dealkylation sites (tertiary alicyclic amines) is 1. The summed E-state index contributed by atoms with van der Waals surface area (Å²) in [5, 5.41) is 0. The number of piperidine rings is 1. The number of nitrogens with zero attached hydrogens (tertiary/aromatic N) is 1. The maximum atomic E-state index is 6.64. The van der Waals surface area contributed by atoms with Crippen LogP contribution in [0, 0.1) is 0 Å². The van der Waals surface area contributed by atoms with Crippen LogP contribution in [0.4, 0.5) is 5.69 Å². The molecule has 0 aromatic heterocycles. The van der Waals surface area contributed by atoms with Crippen LogP contribution >= 0.6 is 0 Å². The molecule has 0 bridgehead atoms. The lowest BCUT2D eigenvalue weighted by atomic mass is 10.00. The summed E-state index contributed by atoms with van der Waals surface area (Å²) in [5.41, 5.74) is 9.00. The Balaban J connectivity index is 1.24. The summed E-state index contributed by atoms with van der Waals surface area (Å²) < 4.78 is 12.4. The number of hydrogen-bond acceptors (Lipinski definition) is 4. The summed E-state index contributed by atoms with van der Waals surface area (Å²) in [6.45, 7) is 3.54. The zero-order valence-electron chi connectivity index (χ0n) is 18.5. The fourth-order valence-electron chi connectivity index (χ4n) is 4.07. The van der Waals surface area contributed by atoms with Gasteiger partial charge in [-0.25, -0.2) is 0 Å². The van der Waals surface area contributed by atoms with Gasteiger partial charge in [-0.1, -0.05) is 84.9 Å². The Hall–Kier alpha value is -3.08. The SMILES string of the molecule is Nc1ccccc1OC/C=C\CN1CCC(OC(c2ccccc2)c2ccccc2)CC1. The quantitative estimate of drug-likeness (QED) is 0.362. The average molecular weight is 429 g/mol. The van der Waals surface area contributed by atoms with Crippen LogP contribution in [0.1, 0.15) is 30.1 Å². The lowest BCUT2D eigenvalue weighted by Crippen LogP contribution is -2.37. The predicted molar refractivity (Wildman–Crippen MR) is 131 cm³/mol. The first-order chi connectivity index (χ1) is 15.8. The van der Waals surface area contributed by atoms with Gasteiger partial charge < -0.3 is 15.2 Å². The lowest BCUT2D eigenvalue weighted by molar-refractivity contribution is -0.0254. The van der Waals surface area contributed by atoms with Crippen molar-refractivity contribution in [1.29, 1.82) is 0 Å². The molecule has 4 nitrogen and oxygen atoms in total. The van der Waals surface area contributed by atoms with Gasteiger partial charge >= 0.3 is 0 Å². The van der Waals surface area contributed by atoms with Gasteiger partial charge in [0, 0.05) is 19.6 Å². The van der Waals surface area contributed by atoms with Crippen LogP contribution in [0.5, 0.6) is 5.75 Å². The summed E-state index contributed by atoms with van der Waals surface area (Å²) in [7, 11) is 0. The van der Waals surface area contributed by atoms with Crippen molar-refractivity contribution in [2.75, 3.05) is 32.0 Å². The zero-order chi connectivity index (χ0) is 22.0. The molecule has 0 amide bonds. The second-order valence-corrected chi connectivity index (χ2v) is 8.16. The molecule has 1 aliphatic heterocycles. The molecule has 1 heterocycles. The Labute approximate surface area is 191 Å².